The summed E-state index contributed by atoms with van der Waals surface area (Å²) in [6.07, 6.45) is 5.85. The lowest BCUT2D eigenvalue weighted by Gasteiger charge is -2.32. The Hall–Kier alpha value is -4.28. The summed E-state index contributed by atoms with van der Waals surface area (Å²) in [5.74, 6) is -0.166. The zero-order valence-electron chi connectivity index (χ0n) is 18.3. The van der Waals surface area contributed by atoms with Crippen molar-refractivity contribution in [2.75, 3.05) is 6.54 Å². The fourth-order valence-electron chi connectivity index (χ4n) is 4.35. The standard InChI is InChI=1S/C22H21N9O2/c1-12-5-4-7-31-17(12)9-16(28-31)19-18-15(23-11-24-18)6-8-30(19)22(32)21-27-26-20(33-21)14-10-25-29(3)13(14)2/h4-5,7,9-11,19H,6,8H2,1-3H3,(H,23,24). The zero-order chi connectivity index (χ0) is 22.7. The van der Waals surface area contributed by atoms with E-state index in [1.165, 1.54) is 0 Å². The van der Waals surface area contributed by atoms with Crippen molar-refractivity contribution in [1.82, 2.24) is 44.5 Å². The predicted octanol–water partition coefficient (Wildman–Crippen LogP) is 2.25. The van der Waals surface area contributed by atoms with Gasteiger partial charge in [-0.25, -0.2) is 9.50 Å². The summed E-state index contributed by atoms with van der Waals surface area (Å²) >= 11 is 0. The Labute approximate surface area is 188 Å². The molecule has 1 amide bonds. The lowest BCUT2D eigenvalue weighted by Crippen LogP contribution is -2.41. The highest BCUT2D eigenvalue weighted by Crippen LogP contribution is 2.34. The minimum atomic E-state index is -0.470. The van der Waals surface area contributed by atoms with Gasteiger partial charge in [-0.1, -0.05) is 6.07 Å². The number of nitrogens with zero attached hydrogens (tertiary/aromatic N) is 8. The van der Waals surface area contributed by atoms with Gasteiger partial charge >= 0.3 is 11.8 Å². The average molecular weight is 443 g/mol. The number of nitrogens with one attached hydrogen (secondary N) is 1. The van der Waals surface area contributed by atoms with E-state index < -0.39 is 6.04 Å². The van der Waals surface area contributed by atoms with E-state index in [1.54, 1.807) is 22.1 Å². The molecular weight excluding hydrogens is 422 g/mol. The highest BCUT2D eigenvalue weighted by atomic mass is 16.4. The van der Waals surface area contributed by atoms with Gasteiger partial charge in [-0.15, -0.1) is 10.2 Å². The number of hydrogen-bond acceptors (Lipinski definition) is 7. The number of fused-ring (bicyclic) bond motifs is 2. The topological polar surface area (TPSA) is 123 Å². The van der Waals surface area contributed by atoms with Crippen LogP contribution in [0, 0.1) is 13.8 Å². The van der Waals surface area contributed by atoms with Crippen molar-refractivity contribution >= 4 is 11.4 Å². The van der Waals surface area contributed by atoms with E-state index in [-0.39, 0.29) is 17.7 Å². The molecule has 0 bridgehead atoms. The molecule has 0 aliphatic carbocycles. The van der Waals surface area contributed by atoms with Crippen molar-refractivity contribution in [2.24, 2.45) is 7.05 Å². The van der Waals surface area contributed by atoms with Crippen LogP contribution in [0.3, 0.4) is 0 Å². The molecule has 166 valence electrons. The van der Waals surface area contributed by atoms with Gasteiger partial charge < -0.3 is 14.3 Å². The van der Waals surface area contributed by atoms with E-state index in [1.807, 2.05) is 49.8 Å². The fraction of sp³-hybridized carbons (Fsp3) is 0.273. The third kappa shape index (κ3) is 2.96. The number of aromatic amines is 1. The van der Waals surface area contributed by atoms with Gasteiger partial charge in [0.25, 0.3) is 5.89 Å². The number of carbonyl (C=O) groups is 1. The van der Waals surface area contributed by atoms with Gasteiger partial charge in [-0.3, -0.25) is 9.48 Å². The SMILES string of the molecule is Cc1cccn2nc(C3c4nc[nH]c4CCN3C(=O)c3nnc(-c4cnn(C)c4C)o3)cc12. The van der Waals surface area contributed by atoms with E-state index >= 15 is 0 Å². The third-order valence-corrected chi connectivity index (χ3v) is 6.27. The van der Waals surface area contributed by atoms with Gasteiger partial charge in [0.05, 0.1) is 35.0 Å². The van der Waals surface area contributed by atoms with Crippen molar-refractivity contribution < 1.29 is 9.21 Å². The maximum absolute atomic E-state index is 13.6. The number of aryl methyl sites for hydroxylation is 2. The van der Waals surface area contributed by atoms with Gasteiger partial charge in [-0.2, -0.15) is 10.2 Å². The quantitative estimate of drug-likeness (QED) is 0.454. The molecule has 0 fully saturated rings. The van der Waals surface area contributed by atoms with Crippen LogP contribution in [-0.2, 0) is 13.5 Å². The van der Waals surface area contributed by atoms with Crippen LogP contribution in [0.5, 0.6) is 0 Å². The Balaban J connectivity index is 1.41. The molecule has 11 nitrogen and oxygen atoms in total. The second-order valence-corrected chi connectivity index (χ2v) is 8.19. The molecule has 1 atom stereocenters. The van der Waals surface area contributed by atoms with E-state index in [0.29, 0.717) is 18.5 Å². The summed E-state index contributed by atoms with van der Waals surface area (Å²) in [6.45, 7) is 4.40. The first-order valence-electron chi connectivity index (χ1n) is 10.6. The second-order valence-electron chi connectivity index (χ2n) is 8.19. The molecule has 1 aliphatic heterocycles. The number of carbonyl (C=O) groups excluding carboxylic acids is 1. The number of aromatic nitrogens is 8. The van der Waals surface area contributed by atoms with Crippen molar-refractivity contribution in [2.45, 2.75) is 26.3 Å². The maximum Gasteiger partial charge on any atom is 0.312 e. The molecule has 5 aromatic heterocycles. The molecule has 33 heavy (non-hydrogen) atoms. The Morgan fingerprint density at radius 1 is 1.27 bits per heavy atom. The Morgan fingerprint density at radius 3 is 2.94 bits per heavy atom. The average Bonchev–Trinajstić information content (AvgIpc) is 3.60. The first-order chi connectivity index (χ1) is 16.0. The minimum absolute atomic E-state index is 0.0721. The third-order valence-electron chi connectivity index (χ3n) is 6.27. The van der Waals surface area contributed by atoms with Crippen LogP contribution in [-0.4, -0.2) is 56.9 Å². The first-order valence-corrected chi connectivity index (χ1v) is 10.6. The number of imidazole rings is 1. The Bertz CT molecular complexity index is 1510. The molecule has 5 aromatic rings. The molecular formula is C22H21N9O2. The predicted molar refractivity (Wildman–Crippen MR) is 116 cm³/mol. The molecule has 11 heteroatoms. The molecule has 0 radical (unpaired) electrons. The van der Waals surface area contributed by atoms with Crippen molar-refractivity contribution in [1.29, 1.82) is 0 Å². The van der Waals surface area contributed by atoms with E-state index in [0.717, 1.165) is 33.9 Å². The van der Waals surface area contributed by atoms with E-state index in [9.17, 15) is 4.79 Å². The van der Waals surface area contributed by atoms with Crippen LogP contribution in [0.15, 0.2) is 41.3 Å². The van der Waals surface area contributed by atoms with Gasteiger partial charge in [0.2, 0.25) is 0 Å². The fourth-order valence-corrected chi connectivity index (χ4v) is 4.35. The van der Waals surface area contributed by atoms with Crippen molar-refractivity contribution in [3.05, 3.63) is 71.1 Å². The molecule has 0 spiro atoms. The van der Waals surface area contributed by atoms with Crippen LogP contribution in [0.2, 0.25) is 0 Å². The van der Waals surface area contributed by atoms with Gasteiger partial charge in [0.1, 0.15) is 6.04 Å². The normalized spacial score (nSPS) is 15.8. The van der Waals surface area contributed by atoms with E-state index in [4.69, 9.17) is 9.52 Å². The highest BCUT2D eigenvalue weighted by molar-refractivity contribution is 5.90. The second kappa shape index (κ2) is 7.12. The molecule has 0 saturated carbocycles. The highest BCUT2D eigenvalue weighted by Gasteiger charge is 2.38. The molecule has 6 heterocycles. The lowest BCUT2D eigenvalue weighted by molar-refractivity contribution is 0.0646. The minimum Gasteiger partial charge on any atom is -0.412 e. The molecule has 0 saturated heterocycles. The van der Waals surface area contributed by atoms with Gasteiger partial charge in [-0.05, 0) is 31.5 Å². The van der Waals surface area contributed by atoms with E-state index in [2.05, 4.69) is 25.3 Å². The molecule has 6 rings (SSSR count). The molecule has 1 unspecified atom stereocenters. The molecule has 1 aliphatic rings. The number of H-pyrrole nitrogens is 1. The summed E-state index contributed by atoms with van der Waals surface area (Å²) < 4.78 is 9.33. The van der Waals surface area contributed by atoms with Crippen LogP contribution in [0.4, 0.5) is 0 Å². The van der Waals surface area contributed by atoms with Crippen LogP contribution in [0.1, 0.15) is 45.1 Å². The maximum atomic E-state index is 13.6. The summed E-state index contributed by atoms with van der Waals surface area (Å²) in [7, 11) is 1.83. The largest absolute Gasteiger partial charge is 0.412 e. The summed E-state index contributed by atoms with van der Waals surface area (Å²) in [4.78, 5) is 23.0. The van der Waals surface area contributed by atoms with Gasteiger partial charge in [0, 0.05) is 37.6 Å². The lowest BCUT2D eigenvalue weighted by atomic mass is 9.99. The molecule has 1 N–H and O–H groups in total. The van der Waals surface area contributed by atoms with Crippen LogP contribution < -0.4 is 0 Å². The Kier molecular flexibility index (Phi) is 4.19. The van der Waals surface area contributed by atoms with Gasteiger partial charge in [0.15, 0.2) is 0 Å². The number of hydrogen-bond donors (Lipinski definition) is 1. The summed E-state index contributed by atoms with van der Waals surface area (Å²) in [5, 5.41) is 17.1. The van der Waals surface area contributed by atoms with Crippen molar-refractivity contribution in [3.63, 3.8) is 0 Å². The zero-order valence-corrected chi connectivity index (χ0v) is 18.3. The summed E-state index contributed by atoms with van der Waals surface area (Å²) in [6, 6.07) is 5.51. The first kappa shape index (κ1) is 19.4. The van der Waals surface area contributed by atoms with Crippen LogP contribution in [0.25, 0.3) is 17.0 Å². The number of pyridine rings is 1. The summed E-state index contributed by atoms with van der Waals surface area (Å²) in [5.41, 5.74) is 6.15. The van der Waals surface area contributed by atoms with Crippen molar-refractivity contribution in [3.8, 4) is 11.5 Å². The number of amides is 1. The smallest absolute Gasteiger partial charge is 0.312 e. The van der Waals surface area contributed by atoms with Crippen LogP contribution >= 0.6 is 0 Å². The number of rotatable bonds is 3. The molecule has 0 aromatic carbocycles. The Morgan fingerprint density at radius 2 is 2.15 bits per heavy atom. The monoisotopic (exact) mass is 443 g/mol.